The number of halogens is 1. The summed E-state index contributed by atoms with van der Waals surface area (Å²) in [6.45, 7) is 3.80. The minimum absolute atomic E-state index is 0.0393. The summed E-state index contributed by atoms with van der Waals surface area (Å²) in [4.78, 5) is 72.0. The molecule has 4 aliphatic rings. The number of imide groups is 2. The minimum Gasteiger partial charge on any atom is -0.508 e. The molecule has 0 spiro atoms. The van der Waals surface area contributed by atoms with E-state index < -0.39 is 63.6 Å². The smallest absolute Gasteiger partial charge is 0.269 e. The van der Waals surface area contributed by atoms with Gasteiger partial charge in [-0.05, 0) is 91.6 Å². The van der Waals surface area contributed by atoms with E-state index in [9.17, 15) is 34.4 Å². The number of nitrogens with zero attached hydrogens (tertiary/aromatic N) is 5. The van der Waals surface area contributed by atoms with Crippen LogP contribution in [0.4, 0.5) is 17.2 Å². The van der Waals surface area contributed by atoms with Crippen LogP contribution in [-0.2, 0) is 26.2 Å². The molecule has 14 heteroatoms. The molecule has 2 aromatic heterocycles. The normalized spacial score (nSPS) is 26.3. The molecule has 5 aromatic rings. The average Bonchev–Trinajstić information content (AvgIpc) is 3.82. The van der Waals surface area contributed by atoms with Crippen molar-refractivity contribution in [2.45, 2.75) is 32.6 Å². The number of thiophene rings is 1. The number of benzene rings is 3. The molecule has 3 fully saturated rings. The van der Waals surface area contributed by atoms with Gasteiger partial charge in [0.15, 0.2) is 0 Å². The lowest BCUT2D eigenvalue weighted by Gasteiger charge is -2.49. The second kappa shape index (κ2) is 11.9. The molecule has 272 valence electrons. The summed E-state index contributed by atoms with van der Waals surface area (Å²) in [6.07, 6.45) is 2.36. The number of phenolic OH excluding ortho intramolecular Hbond substituents is 1. The van der Waals surface area contributed by atoms with Crippen molar-refractivity contribution >= 4 is 73.8 Å². The predicted molar refractivity (Wildman–Crippen MR) is 202 cm³/mol. The van der Waals surface area contributed by atoms with Crippen molar-refractivity contribution < 1.29 is 29.2 Å². The van der Waals surface area contributed by atoms with Crippen LogP contribution in [0.15, 0.2) is 84.4 Å². The zero-order chi connectivity index (χ0) is 38.0. The largest absolute Gasteiger partial charge is 0.508 e. The van der Waals surface area contributed by atoms with E-state index in [1.54, 1.807) is 48.2 Å². The van der Waals surface area contributed by atoms with Crippen molar-refractivity contribution in [3.8, 4) is 16.3 Å². The number of phenols is 1. The highest BCUT2D eigenvalue weighted by atomic mass is 35.5. The number of rotatable bonds is 5. The van der Waals surface area contributed by atoms with Crippen LogP contribution in [0.2, 0.25) is 5.02 Å². The molecule has 9 rings (SSSR count). The zero-order valence-corrected chi connectivity index (χ0v) is 30.8. The number of fused-ring (bicyclic) bond motifs is 5. The molecule has 0 bridgehead atoms. The van der Waals surface area contributed by atoms with E-state index in [4.69, 9.17) is 16.7 Å². The minimum atomic E-state index is -1.28. The van der Waals surface area contributed by atoms with Crippen LogP contribution in [0.25, 0.3) is 20.7 Å². The third-order valence-corrected chi connectivity index (χ3v) is 13.6. The second-order valence-electron chi connectivity index (χ2n) is 14.7. The van der Waals surface area contributed by atoms with Crippen LogP contribution in [0.3, 0.4) is 0 Å². The summed E-state index contributed by atoms with van der Waals surface area (Å²) in [5.74, 6) is -4.84. The number of carbonyl (C=O) groups is 4. The maximum atomic E-state index is 15.0. The van der Waals surface area contributed by atoms with Crippen LogP contribution in [-0.4, -0.2) is 43.4 Å². The Morgan fingerprint density at radius 3 is 2.37 bits per heavy atom. The summed E-state index contributed by atoms with van der Waals surface area (Å²) in [7, 11) is 1.70. The Hall–Kier alpha value is -5.66. The van der Waals surface area contributed by atoms with Crippen molar-refractivity contribution in [1.82, 2.24) is 9.78 Å². The molecule has 4 heterocycles. The standard InChI is InChI=1S/C40H32ClN5O7S/c1-19-27-16-21(41)6-15-31(27)54-35(19)30-18-32(43(3)42-30)45-37(49)29-17-28-25(34(40(29,2)39(45)51)20-4-11-24(47)12-5-20)13-14-26-33(28)38(50)44(36(26)48)22-7-9-23(10-8-22)46(52)53/h4-13,15-16,18,26,28-29,33-34,47H,14,17H2,1-3H3. The number of anilines is 2. The zero-order valence-electron chi connectivity index (χ0n) is 29.2. The van der Waals surface area contributed by atoms with Gasteiger partial charge in [-0.3, -0.25) is 38.9 Å². The molecule has 0 radical (unpaired) electrons. The fourth-order valence-electron chi connectivity index (χ4n) is 9.47. The van der Waals surface area contributed by atoms with E-state index >= 15 is 0 Å². The highest BCUT2D eigenvalue weighted by Gasteiger charge is 2.68. The van der Waals surface area contributed by atoms with E-state index in [0.29, 0.717) is 22.1 Å². The lowest BCUT2D eigenvalue weighted by Crippen LogP contribution is -2.48. The number of nitro groups is 1. The first-order chi connectivity index (χ1) is 25.8. The lowest BCUT2D eigenvalue weighted by atomic mass is 9.51. The Kier molecular flexibility index (Phi) is 7.54. The monoisotopic (exact) mass is 761 g/mol. The van der Waals surface area contributed by atoms with Crippen LogP contribution < -0.4 is 9.80 Å². The topological polar surface area (TPSA) is 156 Å². The Labute approximate surface area is 317 Å². The molecule has 54 heavy (non-hydrogen) atoms. The molecule has 1 saturated carbocycles. The van der Waals surface area contributed by atoms with Gasteiger partial charge < -0.3 is 5.11 Å². The summed E-state index contributed by atoms with van der Waals surface area (Å²) in [6, 6.07) is 19.3. The molecular weight excluding hydrogens is 730 g/mol. The second-order valence-corrected chi connectivity index (χ2v) is 16.2. The summed E-state index contributed by atoms with van der Waals surface area (Å²) < 4.78 is 2.57. The van der Waals surface area contributed by atoms with E-state index in [1.165, 1.54) is 41.3 Å². The Balaban J connectivity index is 1.13. The number of hydrogen-bond donors (Lipinski definition) is 1. The number of aryl methyl sites for hydroxylation is 2. The van der Waals surface area contributed by atoms with Gasteiger partial charge in [0.05, 0.1) is 38.7 Å². The number of allylic oxidation sites excluding steroid dienone is 2. The van der Waals surface area contributed by atoms with Crippen LogP contribution in [0.5, 0.6) is 5.75 Å². The molecule has 2 aliphatic heterocycles. The number of aromatic hydroxyl groups is 1. The molecular formula is C40H32ClN5O7S. The van der Waals surface area contributed by atoms with Gasteiger partial charge in [0.2, 0.25) is 23.6 Å². The first-order valence-electron chi connectivity index (χ1n) is 17.5. The Bertz CT molecular complexity index is 2530. The number of nitro benzene ring substituents is 1. The third-order valence-electron chi connectivity index (χ3n) is 12.0. The lowest BCUT2D eigenvalue weighted by molar-refractivity contribution is -0.384. The van der Waals surface area contributed by atoms with Gasteiger partial charge in [-0.25, -0.2) is 4.90 Å². The quantitative estimate of drug-likeness (QED) is 0.0846. The van der Waals surface area contributed by atoms with Gasteiger partial charge in [-0.15, -0.1) is 11.3 Å². The molecule has 12 nitrogen and oxygen atoms in total. The summed E-state index contributed by atoms with van der Waals surface area (Å²) >= 11 is 7.85. The molecule has 6 unspecified atom stereocenters. The van der Waals surface area contributed by atoms with Crippen molar-refractivity contribution in [2.75, 3.05) is 9.80 Å². The maximum Gasteiger partial charge on any atom is 0.269 e. The molecule has 4 amide bonds. The van der Waals surface area contributed by atoms with Gasteiger partial charge in [0, 0.05) is 40.9 Å². The fourth-order valence-corrected chi connectivity index (χ4v) is 10.8. The highest BCUT2D eigenvalue weighted by Crippen LogP contribution is 2.64. The maximum absolute atomic E-state index is 15.0. The number of hydrogen-bond acceptors (Lipinski definition) is 9. The molecule has 3 aromatic carbocycles. The van der Waals surface area contributed by atoms with Crippen molar-refractivity contribution in [2.24, 2.45) is 36.1 Å². The number of non-ortho nitro benzene ring substituents is 1. The molecule has 2 aliphatic carbocycles. The van der Waals surface area contributed by atoms with E-state index in [2.05, 4.69) is 0 Å². The van der Waals surface area contributed by atoms with Crippen LogP contribution in [0.1, 0.15) is 36.8 Å². The van der Waals surface area contributed by atoms with Crippen molar-refractivity contribution in [1.29, 1.82) is 0 Å². The van der Waals surface area contributed by atoms with Gasteiger partial charge in [-0.2, -0.15) is 5.10 Å². The molecule has 2 saturated heterocycles. The van der Waals surface area contributed by atoms with E-state index in [-0.39, 0.29) is 30.0 Å². The number of amides is 4. The van der Waals surface area contributed by atoms with Crippen molar-refractivity contribution in [3.05, 3.63) is 111 Å². The Morgan fingerprint density at radius 1 is 0.944 bits per heavy atom. The van der Waals surface area contributed by atoms with Crippen molar-refractivity contribution in [3.63, 3.8) is 0 Å². The van der Waals surface area contributed by atoms with E-state index in [0.717, 1.165) is 31.0 Å². The van der Waals surface area contributed by atoms with Gasteiger partial charge in [0.25, 0.3) is 5.69 Å². The predicted octanol–water partition coefficient (Wildman–Crippen LogP) is 7.31. The van der Waals surface area contributed by atoms with Crippen LogP contribution in [0, 0.1) is 46.1 Å². The van der Waals surface area contributed by atoms with E-state index in [1.807, 2.05) is 31.2 Å². The van der Waals surface area contributed by atoms with Gasteiger partial charge >= 0.3 is 0 Å². The average molecular weight is 762 g/mol. The first kappa shape index (κ1) is 34.1. The number of carbonyl (C=O) groups excluding carboxylic acids is 4. The highest BCUT2D eigenvalue weighted by molar-refractivity contribution is 7.22. The Morgan fingerprint density at radius 2 is 1.67 bits per heavy atom. The SMILES string of the molecule is Cc1c(-c2cc(N3C(=O)C4CC5C(=CCC6C(=O)N(c7ccc([N+](=O)[O-])cc7)C(=O)C65)C(c5ccc(O)cc5)C4(C)C3=O)n(C)n2)sc2ccc(Cl)cc12. The van der Waals surface area contributed by atoms with Gasteiger partial charge in [0.1, 0.15) is 17.3 Å². The summed E-state index contributed by atoms with van der Waals surface area (Å²) in [5.41, 5.74) is 1.90. The molecule has 6 atom stereocenters. The van der Waals surface area contributed by atoms with Gasteiger partial charge in [-0.1, -0.05) is 35.4 Å². The number of aromatic nitrogens is 2. The third kappa shape index (κ3) is 4.70. The van der Waals surface area contributed by atoms with Crippen LogP contribution >= 0.6 is 22.9 Å². The summed E-state index contributed by atoms with van der Waals surface area (Å²) in [5, 5.41) is 27.9. The fraction of sp³-hybridized carbons (Fsp3) is 0.275. The first-order valence-corrected chi connectivity index (χ1v) is 18.7. The molecule has 1 N–H and O–H groups in total.